The molecule has 0 bridgehead atoms. The van der Waals surface area contributed by atoms with Crippen LogP contribution in [0.3, 0.4) is 0 Å². The van der Waals surface area contributed by atoms with Crippen molar-refractivity contribution in [1.82, 2.24) is 37.4 Å². The Kier molecular flexibility index (Phi) is 119. The highest BCUT2D eigenvalue weighted by atomic mass is 31.2. The number of hydrogen-bond donors (Lipinski definition) is 0. The fourth-order valence-corrected chi connectivity index (χ4v) is 40.9. The second-order valence-electron chi connectivity index (χ2n) is 46.0. The van der Waals surface area contributed by atoms with Gasteiger partial charge in [0.2, 0.25) is 0 Å². The molecule has 0 atom stereocenters. The normalized spacial score (nSPS) is 12.5. The quantitative estimate of drug-likeness (QED) is 0.0439. The fourth-order valence-electron chi connectivity index (χ4n) is 22.4. The molecule has 12 heteroatoms. The predicted octanol–water partition coefficient (Wildman–Crippen LogP) is 47.1. The summed E-state index contributed by atoms with van der Waals surface area (Å²) in [6.45, 7) is 61.3. The average molecular weight is 2070 g/mol. The summed E-state index contributed by atoms with van der Waals surface area (Å²) in [6.07, 6.45) is 135. The van der Waals surface area contributed by atoms with Crippen LogP contribution in [0.25, 0.3) is 0 Å². The van der Waals surface area contributed by atoms with Gasteiger partial charge >= 0.3 is 0 Å². The average Bonchev–Trinajstić information content (AvgIpc) is 0.741. The van der Waals surface area contributed by atoms with Crippen LogP contribution in [-0.2, 0) is 0 Å². The molecule has 0 saturated carbocycles. The fraction of sp³-hybridized carbons (Fsp3) is 1.00. The summed E-state index contributed by atoms with van der Waals surface area (Å²) in [5.41, 5.74) is 0. The van der Waals surface area contributed by atoms with E-state index in [4.69, 9.17) is 0 Å². The highest BCUT2D eigenvalue weighted by Crippen LogP contribution is 2.79. The third-order valence-corrected chi connectivity index (χ3v) is 46.2. The minimum absolute atomic E-state index is 0.546. The van der Waals surface area contributed by atoms with Gasteiger partial charge in [-0.15, -0.1) is 0 Å². The maximum atomic E-state index is 3.72. The molecule has 0 aliphatic rings. The molecular weight excluding hydrogens is 1800 g/mol. The maximum absolute atomic E-state index is 3.72. The number of hydrogen-bond acceptors (Lipinski definition) is 8. The minimum Gasteiger partial charge on any atom is -0.269 e. The molecule has 0 aliphatic heterocycles. The van der Waals surface area contributed by atoms with Gasteiger partial charge in [0.25, 0.3) is 0 Å². The van der Waals surface area contributed by atoms with Gasteiger partial charge in [-0.25, -0.2) is 0 Å². The van der Waals surface area contributed by atoms with Crippen molar-refractivity contribution in [1.29, 1.82) is 0 Å². The highest BCUT2D eigenvalue weighted by Gasteiger charge is 2.56. The topological polar surface area (TPSA) is 25.9 Å². The lowest BCUT2D eigenvalue weighted by atomic mass is 10.1. The van der Waals surface area contributed by atoms with Gasteiger partial charge in [-0.05, 0) is 103 Å². The molecule has 0 N–H and O–H groups in total. The number of unbranched alkanes of at least 4 members (excludes halogenated alkanes) is 80. The second-order valence-corrected chi connectivity index (χ2v) is 56.2. The Hall–Kier alpha value is 1.40. The highest BCUT2D eigenvalue weighted by molar-refractivity contribution is 7.79. The van der Waals surface area contributed by atoms with E-state index in [1.54, 1.807) is 0 Å². The molecule has 854 valence electrons. The SMILES string of the molecule is CCCCCCCCN(CCCCCCCC)P(C(C(P(N(CCCCCCCC)CCCCCCCC)N(CCCCCCCC)CCCCCCCC)P(N(CCCCCCCC)CCCCCCCC)N(CCCCCCCC)CCCCCCCC)P(N(CCCCCCCC)CCCCCCCC)N(CCCCCCCC)CCCCCCCC)N(CCCCCCCC)CCCCCCCC. The largest absolute Gasteiger partial charge is 0.269 e. The van der Waals surface area contributed by atoms with E-state index in [2.05, 4.69) is 148 Å². The van der Waals surface area contributed by atoms with Crippen LogP contribution in [0.4, 0.5) is 0 Å². The van der Waals surface area contributed by atoms with E-state index < -0.39 is 32.9 Å². The first-order valence-corrected chi connectivity index (χ1v) is 72.6. The molecule has 0 aromatic carbocycles. The van der Waals surface area contributed by atoms with Crippen molar-refractivity contribution in [2.75, 3.05) is 105 Å². The Morgan fingerprint density at radius 3 is 0.204 bits per heavy atom. The molecule has 8 nitrogen and oxygen atoms in total. The minimum atomic E-state index is -0.921. The maximum Gasteiger partial charge on any atom is 0.0690 e. The zero-order valence-electron chi connectivity index (χ0n) is 102. The van der Waals surface area contributed by atoms with E-state index in [-0.39, 0.29) is 0 Å². The van der Waals surface area contributed by atoms with Crippen molar-refractivity contribution in [3.05, 3.63) is 0 Å². The van der Waals surface area contributed by atoms with Crippen LogP contribution >= 0.6 is 32.9 Å². The first-order valence-electron chi connectivity index (χ1n) is 67.3. The number of rotatable bonds is 125. The van der Waals surface area contributed by atoms with Gasteiger partial charge in [-0.1, -0.05) is 624 Å². The summed E-state index contributed by atoms with van der Waals surface area (Å²) in [5, 5.41) is 1.09. The predicted molar refractivity (Wildman–Crippen MR) is 662 cm³/mol. The van der Waals surface area contributed by atoms with E-state index in [9.17, 15) is 0 Å². The molecule has 0 spiro atoms. The van der Waals surface area contributed by atoms with Gasteiger partial charge in [0.15, 0.2) is 0 Å². The molecule has 0 aromatic rings. The monoisotopic (exact) mass is 2070 g/mol. The molecule has 0 heterocycles. The van der Waals surface area contributed by atoms with Crippen molar-refractivity contribution in [3.63, 3.8) is 0 Å². The molecule has 0 aromatic heterocycles. The summed E-state index contributed by atoms with van der Waals surface area (Å²) >= 11 is 0. The van der Waals surface area contributed by atoms with Crippen LogP contribution in [-0.4, -0.2) is 153 Å². The van der Waals surface area contributed by atoms with Crippen LogP contribution in [0.1, 0.15) is 727 Å². The summed E-state index contributed by atoms with van der Waals surface area (Å²) in [4.78, 5) is 0. The Bertz CT molecular complexity index is 1730. The smallest absolute Gasteiger partial charge is 0.0690 e. The van der Waals surface area contributed by atoms with Crippen molar-refractivity contribution >= 4 is 32.9 Å². The first-order chi connectivity index (χ1) is 70.2. The zero-order valence-corrected chi connectivity index (χ0v) is 105. The van der Waals surface area contributed by atoms with Gasteiger partial charge in [0, 0.05) is 105 Å². The molecule has 0 aliphatic carbocycles. The lowest BCUT2D eigenvalue weighted by Gasteiger charge is -2.59. The van der Waals surface area contributed by atoms with Gasteiger partial charge < -0.3 is 0 Å². The Balaban J connectivity index is 13.4. The number of nitrogens with zero attached hydrogens (tertiary/aromatic N) is 8. The molecule has 0 unspecified atom stereocenters. The third kappa shape index (κ3) is 84.7. The van der Waals surface area contributed by atoms with Gasteiger partial charge in [-0.3, -0.25) is 37.4 Å². The van der Waals surface area contributed by atoms with Crippen LogP contribution in [0.5, 0.6) is 0 Å². The van der Waals surface area contributed by atoms with E-state index in [0.717, 1.165) is 0 Å². The third-order valence-electron chi connectivity index (χ3n) is 31.8. The van der Waals surface area contributed by atoms with Gasteiger partial charge in [0.1, 0.15) is 0 Å². The lowest BCUT2D eigenvalue weighted by molar-refractivity contribution is 0.325. The summed E-state index contributed by atoms with van der Waals surface area (Å²) in [7, 11) is -3.68. The molecule has 142 heavy (non-hydrogen) atoms. The molecular formula is C130H274N8P4. The van der Waals surface area contributed by atoms with Crippen molar-refractivity contribution in [3.8, 4) is 0 Å². The zero-order chi connectivity index (χ0) is 103. The van der Waals surface area contributed by atoms with Crippen LogP contribution < -0.4 is 0 Å². The Morgan fingerprint density at radius 1 is 0.0845 bits per heavy atom. The lowest BCUT2D eigenvalue weighted by Crippen LogP contribution is -2.50. The van der Waals surface area contributed by atoms with Gasteiger partial charge in [-0.2, -0.15) is 0 Å². The van der Waals surface area contributed by atoms with Crippen LogP contribution in [0.15, 0.2) is 0 Å². The molecule has 0 saturated heterocycles. The molecule has 0 fully saturated rings. The van der Waals surface area contributed by atoms with Crippen molar-refractivity contribution < 1.29 is 0 Å². The molecule has 0 amide bonds. The summed E-state index contributed by atoms with van der Waals surface area (Å²) < 4.78 is 29.7. The van der Waals surface area contributed by atoms with Crippen LogP contribution in [0.2, 0.25) is 0 Å². The van der Waals surface area contributed by atoms with E-state index in [0.29, 0.717) is 10.8 Å². The van der Waals surface area contributed by atoms with Gasteiger partial charge in [0.05, 0.1) is 43.7 Å². The summed E-state index contributed by atoms with van der Waals surface area (Å²) in [6, 6.07) is 0. The summed E-state index contributed by atoms with van der Waals surface area (Å²) in [5.74, 6) is 0. The van der Waals surface area contributed by atoms with Crippen molar-refractivity contribution in [2.45, 2.75) is 738 Å². The van der Waals surface area contributed by atoms with E-state index in [1.807, 2.05) is 0 Å². The standard InChI is InChI=1S/C130H274N8P4/c1-17-33-49-65-81-97-113-131(114-98-82-66-50-34-18-2)139(132(115-99-83-67-51-35-19-3)116-100-84-68-52-36-20-4)129(140(133(117-101-85-69-53-37-21-5)118-102-86-70-54-38-22-6)134(119-103-87-71-55-39-23-7)120-104-88-72-56-40-24-8)130(141(135(121-105-89-73-57-41-25-9)122-106-90-74-58-42-26-10)136(123-107-91-75-59-43-27-11)124-108-92-76-60-44-28-12)142(137(125-109-93-77-61-45-29-13)126-110-94-78-62-46-30-14)138(127-111-95-79-63-47-31-15)128-112-96-80-64-48-32-16/h129-130H,17-128H2,1-16H3. The molecule has 0 rings (SSSR count). The Labute approximate surface area is 906 Å². The second kappa shape index (κ2) is 118. The van der Waals surface area contributed by atoms with E-state index >= 15 is 0 Å². The van der Waals surface area contributed by atoms with Crippen LogP contribution in [0, 0.1) is 0 Å². The first kappa shape index (κ1) is 143. The molecule has 0 radical (unpaired) electrons. The van der Waals surface area contributed by atoms with E-state index in [1.165, 1.54) is 721 Å². The Morgan fingerprint density at radius 2 is 0.141 bits per heavy atom. The van der Waals surface area contributed by atoms with Crippen molar-refractivity contribution in [2.24, 2.45) is 0 Å².